The van der Waals surface area contributed by atoms with Gasteiger partial charge in [0.2, 0.25) is 0 Å². The molecular formula is C14H22F3N3. The van der Waals surface area contributed by atoms with Crippen LogP contribution in [0, 0.1) is 5.92 Å². The van der Waals surface area contributed by atoms with Gasteiger partial charge in [0.1, 0.15) is 11.6 Å². The Balaban J connectivity index is 2.76. The van der Waals surface area contributed by atoms with Crippen LogP contribution < -0.4 is 10.6 Å². The van der Waals surface area contributed by atoms with Gasteiger partial charge in [-0.3, -0.25) is 0 Å². The van der Waals surface area contributed by atoms with Gasteiger partial charge in [0, 0.05) is 13.1 Å². The van der Waals surface area contributed by atoms with Crippen LogP contribution in [0.2, 0.25) is 0 Å². The fourth-order valence-electron chi connectivity index (χ4n) is 1.78. The second-order valence-electron chi connectivity index (χ2n) is 5.12. The molecule has 2 N–H and O–H groups in total. The van der Waals surface area contributed by atoms with E-state index in [1.54, 1.807) is 0 Å². The van der Waals surface area contributed by atoms with E-state index in [1.807, 2.05) is 6.92 Å². The molecule has 0 unspecified atom stereocenters. The maximum atomic E-state index is 12.8. The lowest BCUT2D eigenvalue weighted by molar-refractivity contribution is -0.137. The van der Waals surface area contributed by atoms with Gasteiger partial charge >= 0.3 is 6.18 Å². The summed E-state index contributed by atoms with van der Waals surface area (Å²) in [5.41, 5.74) is -0.685. The summed E-state index contributed by atoms with van der Waals surface area (Å²) < 4.78 is 38.4. The van der Waals surface area contributed by atoms with Crippen LogP contribution >= 0.6 is 0 Å². The zero-order chi connectivity index (χ0) is 15.2. The molecule has 0 radical (unpaired) electrons. The van der Waals surface area contributed by atoms with E-state index < -0.39 is 11.7 Å². The van der Waals surface area contributed by atoms with Crippen molar-refractivity contribution >= 4 is 11.6 Å². The average molecular weight is 289 g/mol. The Morgan fingerprint density at radius 1 is 1.15 bits per heavy atom. The molecule has 20 heavy (non-hydrogen) atoms. The lowest BCUT2D eigenvalue weighted by Crippen LogP contribution is -2.11. The van der Waals surface area contributed by atoms with Gasteiger partial charge in [0.05, 0.1) is 5.56 Å². The predicted molar refractivity (Wildman–Crippen MR) is 76.0 cm³/mol. The van der Waals surface area contributed by atoms with Gasteiger partial charge in [0.15, 0.2) is 0 Å². The SMILES string of the molecule is CCNc1cc(C(F)(F)F)cc(NCCCC(C)C)n1. The molecule has 3 nitrogen and oxygen atoms in total. The van der Waals surface area contributed by atoms with E-state index in [-0.39, 0.29) is 11.6 Å². The highest BCUT2D eigenvalue weighted by atomic mass is 19.4. The first-order valence-corrected chi connectivity index (χ1v) is 6.90. The van der Waals surface area contributed by atoms with Crippen LogP contribution in [-0.2, 0) is 6.18 Å². The van der Waals surface area contributed by atoms with Crippen LogP contribution in [-0.4, -0.2) is 18.1 Å². The number of hydrogen-bond donors (Lipinski definition) is 2. The van der Waals surface area contributed by atoms with Gasteiger partial charge in [-0.05, 0) is 37.8 Å². The number of aromatic nitrogens is 1. The van der Waals surface area contributed by atoms with Crippen molar-refractivity contribution in [3.8, 4) is 0 Å². The number of nitrogens with one attached hydrogen (secondary N) is 2. The maximum absolute atomic E-state index is 12.8. The van der Waals surface area contributed by atoms with E-state index in [9.17, 15) is 13.2 Å². The van der Waals surface area contributed by atoms with Gasteiger partial charge in [-0.1, -0.05) is 13.8 Å². The molecule has 1 aromatic heterocycles. The topological polar surface area (TPSA) is 37.0 Å². The Hall–Kier alpha value is -1.46. The molecule has 0 aliphatic carbocycles. The highest BCUT2D eigenvalue weighted by molar-refractivity contribution is 5.49. The van der Waals surface area contributed by atoms with Crippen molar-refractivity contribution in [2.45, 2.75) is 39.8 Å². The molecule has 0 fully saturated rings. The molecule has 6 heteroatoms. The zero-order valence-electron chi connectivity index (χ0n) is 12.1. The lowest BCUT2D eigenvalue weighted by atomic mass is 10.1. The molecule has 1 heterocycles. The molecule has 0 aromatic carbocycles. The lowest BCUT2D eigenvalue weighted by Gasteiger charge is -2.13. The van der Waals surface area contributed by atoms with Crippen molar-refractivity contribution < 1.29 is 13.2 Å². The molecule has 1 rings (SSSR count). The van der Waals surface area contributed by atoms with Gasteiger partial charge in [-0.2, -0.15) is 13.2 Å². The highest BCUT2D eigenvalue weighted by Gasteiger charge is 2.31. The first-order chi connectivity index (χ1) is 9.32. The summed E-state index contributed by atoms with van der Waals surface area (Å²) in [6, 6.07) is 2.08. The maximum Gasteiger partial charge on any atom is 0.416 e. The van der Waals surface area contributed by atoms with E-state index in [1.165, 1.54) is 0 Å². The minimum Gasteiger partial charge on any atom is -0.370 e. The third-order valence-corrected chi connectivity index (χ3v) is 2.77. The quantitative estimate of drug-likeness (QED) is 0.731. The summed E-state index contributed by atoms with van der Waals surface area (Å²) in [4.78, 5) is 4.13. The monoisotopic (exact) mass is 289 g/mol. The van der Waals surface area contributed by atoms with Gasteiger partial charge in [-0.25, -0.2) is 4.98 Å². The molecule has 0 aliphatic rings. The molecular weight excluding hydrogens is 267 g/mol. The molecule has 1 aromatic rings. The third-order valence-electron chi connectivity index (χ3n) is 2.77. The molecule has 0 bridgehead atoms. The number of rotatable bonds is 7. The Morgan fingerprint density at radius 3 is 2.25 bits per heavy atom. The van der Waals surface area contributed by atoms with Gasteiger partial charge in [-0.15, -0.1) is 0 Å². The van der Waals surface area contributed by atoms with Gasteiger partial charge < -0.3 is 10.6 Å². The molecule has 0 aliphatic heterocycles. The number of nitrogens with zero attached hydrogens (tertiary/aromatic N) is 1. The van der Waals surface area contributed by atoms with Crippen molar-refractivity contribution in [3.05, 3.63) is 17.7 Å². The summed E-state index contributed by atoms with van der Waals surface area (Å²) in [5, 5.41) is 5.78. The smallest absolute Gasteiger partial charge is 0.370 e. The van der Waals surface area contributed by atoms with E-state index in [0.717, 1.165) is 25.0 Å². The molecule has 0 amide bonds. The van der Waals surface area contributed by atoms with Crippen LogP contribution in [0.5, 0.6) is 0 Å². The molecule has 0 atom stereocenters. The second kappa shape index (κ2) is 7.36. The van der Waals surface area contributed by atoms with E-state index in [0.29, 0.717) is 19.0 Å². The second-order valence-corrected chi connectivity index (χ2v) is 5.12. The predicted octanol–water partition coefficient (Wildman–Crippen LogP) is 4.38. The summed E-state index contributed by atoms with van der Waals surface area (Å²) in [7, 11) is 0. The number of hydrogen-bond acceptors (Lipinski definition) is 3. The molecule has 0 spiro atoms. The average Bonchev–Trinajstić information content (AvgIpc) is 2.33. The normalized spacial score (nSPS) is 11.8. The van der Waals surface area contributed by atoms with Crippen LogP contribution in [0.25, 0.3) is 0 Å². The van der Waals surface area contributed by atoms with Crippen molar-refractivity contribution in [2.75, 3.05) is 23.7 Å². The fourth-order valence-corrected chi connectivity index (χ4v) is 1.78. The molecule has 114 valence electrons. The minimum atomic E-state index is -4.36. The number of halogens is 3. The fraction of sp³-hybridized carbons (Fsp3) is 0.643. The Morgan fingerprint density at radius 2 is 1.75 bits per heavy atom. The Labute approximate surface area is 118 Å². The summed E-state index contributed by atoms with van der Waals surface area (Å²) in [6.07, 6.45) is -2.42. The van der Waals surface area contributed by atoms with Crippen molar-refractivity contribution in [1.29, 1.82) is 0 Å². The summed E-state index contributed by atoms with van der Waals surface area (Å²) >= 11 is 0. The van der Waals surface area contributed by atoms with Crippen LogP contribution in [0.3, 0.4) is 0 Å². The molecule has 0 saturated carbocycles. The number of anilines is 2. The molecule has 0 saturated heterocycles. The van der Waals surface area contributed by atoms with Crippen LogP contribution in [0.15, 0.2) is 12.1 Å². The third kappa shape index (κ3) is 5.67. The zero-order valence-corrected chi connectivity index (χ0v) is 12.1. The van der Waals surface area contributed by atoms with Crippen molar-refractivity contribution in [3.63, 3.8) is 0 Å². The summed E-state index contributed by atoms with van der Waals surface area (Å²) in [5.74, 6) is 1.09. The van der Waals surface area contributed by atoms with Crippen molar-refractivity contribution in [2.24, 2.45) is 5.92 Å². The highest BCUT2D eigenvalue weighted by Crippen LogP contribution is 2.32. The Kier molecular flexibility index (Phi) is 6.10. The number of pyridine rings is 1. The standard InChI is InChI=1S/C14H22F3N3/c1-4-18-12-8-11(14(15,16)17)9-13(20-12)19-7-5-6-10(2)3/h8-10H,4-7H2,1-3H3,(H2,18,19,20). The Bertz CT molecular complexity index is 417. The van der Waals surface area contributed by atoms with E-state index in [2.05, 4.69) is 29.5 Å². The van der Waals surface area contributed by atoms with Crippen LogP contribution in [0.1, 0.15) is 39.2 Å². The van der Waals surface area contributed by atoms with E-state index >= 15 is 0 Å². The first kappa shape index (κ1) is 16.6. The minimum absolute atomic E-state index is 0.244. The number of alkyl halides is 3. The summed E-state index contributed by atoms with van der Waals surface area (Å²) in [6.45, 7) is 7.20. The largest absolute Gasteiger partial charge is 0.416 e. The van der Waals surface area contributed by atoms with Crippen molar-refractivity contribution in [1.82, 2.24) is 4.98 Å². The first-order valence-electron chi connectivity index (χ1n) is 6.90. The van der Waals surface area contributed by atoms with Crippen LogP contribution in [0.4, 0.5) is 24.8 Å². The van der Waals surface area contributed by atoms with Gasteiger partial charge in [0.25, 0.3) is 0 Å². The van der Waals surface area contributed by atoms with E-state index in [4.69, 9.17) is 0 Å².